The second-order valence-electron chi connectivity index (χ2n) is 4.14. The van der Waals surface area contributed by atoms with E-state index in [9.17, 15) is 24.9 Å². The van der Waals surface area contributed by atoms with Gasteiger partial charge in [0, 0.05) is 5.75 Å². The van der Waals surface area contributed by atoms with Gasteiger partial charge in [0.05, 0.1) is 5.37 Å². The van der Waals surface area contributed by atoms with Crippen molar-refractivity contribution in [2.75, 3.05) is 5.75 Å². The summed E-state index contributed by atoms with van der Waals surface area (Å²) in [6, 6.07) is -0.797. The van der Waals surface area contributed by atoms with Crippen LogP contribution in [-0.4, -0.2) is 73.9 Å². The number of rotatable bonds is 3. The number of esters is 1. The number of cyclic esters (lactones) is 1. The van der Waals surface area contributed by atoms with Gasteiger partial charge in [0.25, 0.3) is 0 Å². The average Bonchev–Trinajstić information content (AvgIpc) is 2.90. The first-order chi connectivity index (χ1) is 8.41. The lowest BCUT2D eigenvalue weighted by molar-refractivity contribution is -0.151. The predicted octanol–water partition coefficient (Wildman–Crippen LogP) is -2.89. The number of carbonyl (C=O) groups is 2. The molecular formula is C9H13NO7S. The van der Waals surface area contributed by atoms with E-state index in [1.54, 1.807) is 0 Å². The highest BCUT2D eigenvalue weighted by Gasteiger charge is 2.49. The SMILES string of the molecule is O=C(O)[C@@H]1CS[C@H]([C@H](O)[C@H]2OC(=O)[C@@H](O)[C@H]2O)N1. The number of hydrogen-bond acceptors (Lipinski definition) is 8. The highest BCUT2D eigenvalue weighted by Crippen LogP contribution is 2.28. The van der Waals surface area contributed by atoms with E-state index >= 15 is 0 Å². The van der Waals surface area contributed by atoms with Gasteiger partial charge in [-0.1, -0.05) is 0 Å². The number of ether oxygens (including phenoxy) is 1. The Morgan fingerprint density at radius 3 is 2.61 bits per heavy atom. The Balaban J connectivity index is 1.98. The normalized spacial score (nSPS) is 41.7. The van der Waals surface area contributed by atoms with Crippen molar-refractivity contribution < 1.29 is 34.8 Å². The summed E-state index contributed by atoms with van der Waals surface area (Å²) in [5, 5.41) is 39.4. The zero-order valence-corrected chi connectivity index (χ0v) is 9.91. The first-order valence-corrected chi connectivity index (χ1v) is 6.32. The van der Waals surface area contributed by atoms with Crippen LogP contribution in [0.2, 0.25) is 0 Å². The van der Waals surface area contributed by atoms with Crippen molar-refractivity contribution >= 4 is 23.7 Å². The molecule has 6 atom stereocenters. The Labute approximate surface area is 106 Å². The minimum absolute atomic E-state index is 0.260. The molecule has 0 radical (unpaired) electrons. The molecule has 0 aliphatic carbocycles. The van der Waals surface area contributed by atoms with Crippen LogP contribution in [0.5, 0.6) is 0 Å². The average molecular weight is 279 g/mol. The fourth-order valence-corrected chi connectivity index (χ4v) is 3.12. The minimum Gasteiger partial charge on any atom is -0.480 e. The van der Waals surface area contributed by atoms with Gasteiger partial charge in [0.2, 0.25) is 0 Å². The predicted molar refractivity (Wildman–Crippen MR) is 58.7 cm³/mol. The summed E-state index contributed by atoms with van der Waals surface area (Å²) < 4.78 is 4.67. The molecule has 8 nitrogen and oxygen atoms in total. The third-order valence-electron chi connectivity index (χ3n) is 2.91. The van der Waals surface area contributed by atoms with E-state index < -0.39 is 47.8 Å². The van der Waals surface area contributed by atoms with Crippen LogP contribution in [0.3, 0.4) is 0 Å². The van der Waals surface area contributed by atoms with E-state index in [0.29, 0.717) is 0 Å². The summed E-state index contributed by atoms with van der Waals surface area (Å²) in [4.78, 5) is 21.7. The van der Waals surface area contributed by atoms with Gasteiger partial charge in [-0.3, -0.25) is 10.1 Å². The van der Waals surface area contributed by atoms with Gasteiger partial charge in [0.1, 0.15) is 18.2 Å². The maximum absolute atomic E-state index is 11.0. The zero-order valence-electron chi connectivity index (χ0n) is 9.09. The van der Waals surface area contributed by atoms with Crippen molar-refractivity contribution in [2.24, 2.45) is 0 Å². The van der Waals surface area contributed by atoms with Crippen LogP contribution in [0.1, 0.15) is 0 Å². The van der Waals surface area contributed by atoms with E-state index in [2.05, 4.69) is 10.1 Å². The van der Waals surface area contributed by atoms with E-state index in [4.69, 9.17) is 5.11 Å². The number of carbonyl (C=O) groups excluding carboxylic acids is 1. The largest absolute Gasteiger partial charge is 0.480 e. The highest BCUT2D eigenvalue weighted by molar-refractivity contribution is 8.00. The van der Waals surface area contributed by atoms with Crippen LogP contribution in [0.4, 0.5) is 0 Å². The Kier molecular flexibility index (Phi) is 3.78. The number of thioether (sulfide) groups is 1. The number of nitrogens with one attached hydrogen (secondary N) is 1. The molecule has 2 fully saturated rings. The molecule has 0 aromatic heterocycles. The third kappa shape index (κ3) is 2.31. The van der Waals surface area contributed by atoms with Gasteiger partial charge in [-0.25, -0.2) is 4.79 Å². The Hall–Kier alpha value is -0.870. The molecule has 0 spiro atoms. The molecule has 2 rings (SSSR count). The van der Waals surface area contributed by atoms with Crippen LogP contribution in [0, 0.1) is 0 Å². The van der Waals surface area contributed by atoms with E-state index in [1.165, 1.54) is 0 Å². The molecule has 0 bridgehead atoms. The number of hydrogen-bond donors (Lipinski definition) is 5. The number of aliphatic carboxylic acids is 1. The standard InChI is InChI=1S/C9H13NO7S/c11-3-4(12)9(16)17-6(3)5(13)7-10-2(1-18-7)8(14)15/h2-7,10-13H,1H2,(H,14,15)/t2-,3+,4-,5+,6-,7+/m0/s1. The van der Waals surface area contributed by atoms with Crippen LogP contribution in [0.15, 0.2) is 0 Å². The molecule has 102 valence electrons. The molecule has 18 heavy (non-hydrogen) atoms. The molecule has 0 unspecified atom stereocenters. The van der Waals surface area contributed by atoms with E-state index in [1.807, 2.05) is 0 Å². The summed E-state index contributed by atoms with van der Waals surface area (Å²) >= 11 is 1.15. The maximum atomic E-state index is 11.0. The Morgan fingerprint density at radius 1 is 1.50 bits per heavy atom. The lowest BCUT2D eigenvalue weighted by Gasteiger charge is -2.24. The van der Waals surface area contributed by atoms with Crippen molar-refractivity contribution in [1.82, 2.24) is 5.32 Å². The summed E-state index contributed by atoms with van der Waals surface area (Å²) in [7, 11) is 0. The van der Waals surface area contributed by atoms with E-state index in [-0.39, 0.29) is 5.75 Å². The summed E-state index contributed by atoms with van der Waals surface area (Å²) in [6.07, 6.45) is -5.74. The van der Waals surface area contributed by atoms with Gasteiger partial charge >= 0.3 is 11.9 Å². The molecule has 2 heterocycles. The van der Waals surface area contributed by atoms with Gasteiger partial charge in [-0.2, -0.15) is 0 Å². The Bertz CT molecular complexity index is 365. The highest BCUT2D eigenvalue weighted by atomic mass is 32.2. The number of aliphatic hydroxyl groups is 3. The first kappa shape index (κ1) is 13.6. The first-order valence-electron chi connectivity index (χ1n) is 5.27. The molecule has 2 aliphatic heterocycles. The Morgan fingerprint density at radius 2 is 2.17 bits per heavy atom. The maximum Gasteiger partial charge on any atom is 0.338 e. The minimum atomic E-state index is -1.67. The molecule has 2 aliphatic rings. The fraction of sp³-hybridized carbons (Fsp3) is 0.778. The van der Waals surface area contributed by atoms with E-state index in [0.717, 1.165) is 11.8 Å². The molecule has 9 heteroatoms. The van der Waals surface area contributed by atoms with Crippen LogP contribution in [0.25, 0.3) is 0 Å². The zero-order chi connectivity index (χ0) is 13.4. The summed E-state index contributed by atoms with van der Waals surface area (Å²) in [5.74, 6) is -1.78. The van der Waals surface area contributed by atoms with Crippen LogP contribution >= 0.6 is 11.8 Å². The molecule has 0 saturated carbocycles. The lowest BCUT2D eigenvalue weighted by Crippen LogP contribution is -2.49. The summed E-state index contributed by atoms with van der Waals surface area (Å²) in [6.45, 7) is 0. The quantitative estimate of drug-likeness (QED) is 0.345. The third-order valence-corrected chi connectivity index (χ3v) is 4.21. The van der Waals surface area contributed by atoms with Gasteiger partial charge in [-0.15, -0.1) is 11.8 Å². The second-order valence-corrected chi connectivity index (χ2v) is 5.31. The molecule has 2 saturated heterocycles. The van der Waals surface area contributed by atoms with Crippen LogP contribution in [-0.2, 0) is 14.3 Å². The monoisotopic (exact) mass is 279 g/mol. The number of carboxylic acids is 1. The molecule has 0 aromatic carbocycles. The van der Waals surface area contributed by atoms with Crippen molar-refractivity contribution in [3.05, 3.63) is 0 Å². The van der Waals surface area contributed by atoms with Gasteiger partial charge in [0.15, 0.2) is 12.2 Å². The number of carboxylic acid groups (broad SMARTS) is 1. The number of aliphatic hydroxyl groups excluding tert-OH is 3. The van der Waals surface area contributed by atoms with Crippen molar-refractivity contribution in [1.29, 1.82) is 0 Å². The summed E-state index contributed by atoms with van der Waals surface area (Å²) in [5.41, 5.74) is 0. The second kappa shape index (κ2) is 5.02. The topological polar surface area (TPSA) is 136 Å². The smallest absolute Gasteiger partial charge is 0.338 e. The van der Waals surface area contributed by atoms with Crippen molar-refractivity contribution in [2.45, 2.75) is 35.8 Å². The fourth-order valence-electron chi connectivity index (χ4n) is 1.87. The van der Waals surface area contributed by atoms with Crippen LogP contribution < -0.4 is 5.32 Å². The molecule has 0 amide bonds. The van der Waals surface area contributed by atoms with Crippen molar-refractivity contribution in [3.8, 4) is 0 Å². The molecular weight excluding hydrogens is 266 g/mol. The van der Waals surface area contributed by atoms with Gasteiger partial charge in [-0.05, 0) is 0 Å². The van der Waals surface area contributed by atoms with Crippen molar-refractivity contribution in [3.63, 3.8) is 0 Å². The molecule has 5 N–H and O–H groups in total. The lowest BCUT2D eigenvalue weighted by atomic mass is 10.1. The molecule has 0 aromatic rings. The van der Waals surface area contributed by atoms with Gasteiger partial charge < -0.3 is 25.2 Å².